The van der Waals surface area contributed by atoms with E-state index >= 15 is 0 Å². The summed E-state index contributed by atoms with van der Waals surface area (Å²) >= 11 is 2.90. The van der Waals surface area contributed by atoms with Gasteiger partial charge in [0.15, 0.2) is 5.16 Å². The number of rotatable bonds is 4. The molecule has 130 valence electrons. The molecule has 0 unspecified atom stereocenters. The minimum atomic E-state index is -0.200. The van der Waals surface area contributed by atoms with Gasteiger partial charge >= 0.3 is 0 Å². The SMILES string of the molecule is Cc1ccc(CSc2nc3cc(-c4ccccc4)sc3c(=O)n2N)cc1. The molecule has 2 heterocycles. The molecule has 0 bridgehead atoms. The van der Waals surface area contributed by atoms with Crippen LogP contribution in [0.5, 0.6) is 0 Å². The summed E-state index contributed by atoms with van der Waals surface area (Å²) in [5, 5.41) is 0.528. The number of nitrogen functional groups attached to an aromatic ring is 1. The summed E-state index contributed by atoms with van der Waals surface area (Å²) in [4.78, 5) is 18.3. The van der Waals surface area contributed by atoms with Gasteiger partial charge < -0.3 is 5.84 Å². The molecule has 0 aliphatic heterocycles. The van der Waals surface area contributed by atoms with Crippen LogP contribution in [-0.4, -0.2) is 9.66 Å². The predicted octanol–water partition coefficient (Wildman–Crippen LogP) is 4.44. The maximum Gasteiger partial charge on any atom is 0.290 e. The van der Waals surface area contributed by atoms with Gasteiger partial charge in [0, 0.05) is 10.6 Å². The minimum absolute atomic E-state index is 0.200. The normalized spacial score (nSPS) is 11.1. The Balaban J connectivity index is 1.68. The first kappa shape index (κ1) is 16.9. The van der Waals surface area contributed by atoms with Gasteiger partial charge in [-0.3, -0.25) is 4.79 Å². The van der Waals surface area contributed by atoms with Crippen molar-refractivity contribution in [2.75, 3.05) is 5.84 Å². The molecular formula is C20H17N3OS2. The zero-order valence-electron chi connectivity index (χ0n) is 14.2. The number of nitrogens with two attached hydrogens (primary N) is 1. The Morgan fingerprint density at radius 3 is 2.58 bits per heavy atom. The lowest BCUT2D eigenvalue weighted by Gasteiger charge is -2.06. The highest BCUT2D eigenvalue weighted by atomic mass is 32.2. The van der Waals surface area contributed by atoms with Crippen molar-refractivity contribution in [3.8, 4) is 10.4 Å². The van der Waals surface area contributed by atoms with Gasteiger partial charge in [0.25, 0.3) is 5.56 Å². The molecule has 0 radical (unpaired) electrons. The van der Waals surface area contributed by atoms with Crippen LogP contribution in [0, 0.1) is 6.92 Å². The van der Waals surface area contributed by atoms with Crippen molar-refractivity contribution in [3.05, 3.63) is 82.1 Å². The van der Waals surface area contributed by atoms with E-state index in [0.717, 1.165) is 15.1 Å². The summed E-state index contributed by atoms with van der Waals surface area (Å²) in [6, 6.07) is 20.3. The van der Waals surface area contributed by atoms with E-state index in [9.17, 15) is 4.79 Å². The molecule has 2 aromatic carbocycles. The zero-order valence-corrected chi connectivity index (χ0v) is 15.8. The number of thioether (sulfide) groups is 1. The van der Waals surface area contributed by atoms with Crippen LogP contribution in [0.15, 0.2) is 70.6 Å². The Kier molecular flexibility index (Phi) is 4.53. The summed E-state index contributed by atoms with van der Waals surface area (Å²) < 4.78 is 1.75. The molecule has 26 heavy (non-hydrogen) atoms. The van der Waals surface area contributed by atoms with Gasteiger partial charge in [0.1, 0.15) is 4.70 Å². The topological polar surface area (TPSA) is 60.9 Å². The van der Waals surface area contributed by atoms with Crippen molar-refractivity contribution in [2.24, 2.45) is 0 Å². The predicted molar refractivity (Wildman–Crippen MR) is 110 cm³/mol. The van der Waals surface area contributed by atoms with E-state index in [1.807, 2.05) is 36.4 Å². The van der Waals surface area contributed by atoms with Crippen LogP contribution < -0.4 is 11.4 Å². The molecule has 0 fully saturated rings. The first-order valence-electron chi connectivity index (χ1n) is 8.17. The van der Waals surface area contributed by atoms with Gasteiger partial charge in [-0.25, -0.2) is 9.66 Å². The van der Waals surface area contributed by atoms with Gasteiger partial charge in [0.05, 0.1) is 5.52 Å². The van der Waals surface area contributed by atoms with Crippen LogP contribution >= 0.6 is 23.1 Å². The lowest BCUT2D eigenvalue weighted by molar-refractivity contribution is 0.781. The molecule has 0 aliphatic carbocycles. The van der Waals surface area contributed by atoms with Crippen LogP contribution in [0.25, 0.3) is 20.7 Å². The van der Waals surface area contributed by atoms with Crippen LogP contribution in [0.3, 0.4) is 0 Å². The van der Waals surface area contributed by atoms with E-state index < -0.39 is 0 Å². The maximum absolute atomic E-state index is 12.6. The fourth-order valence-corrected chi connectivity index (χ4v) is 4.56. The maximum atomic E-state index is 12.6. The fourth-order valence-electron chi connectivity index (χ4n) is 2.65. The van der Waals surface area contributed by atoms with Gasteiger partial charge in [0.2, 0.25) is 0 Å². The second-order valence-corrected chi connectivity index (χ2v) is 8.03. The average molecular weight is 380 g/mol. The van der Waals surface area contributed by atoms with Crippen molar-refractivity contribution < 1.29 is 0 Å². The molecule has 4 aromatic rings. The smallest absolute Gasteiger partial charge is 0.290 e. The molecule has 0 saturated carbocycles. The zero-order chi connectivity index (χ0) is 18.1. The summed E-state index contributed by atoms with van der Waals surface area (Å²) in [5.41, 5.74) is 3.97. The standard InChI is InChI=1S/C20H17N3OS2/c1-13-7-9-14(10-8-13)12-25-20-22-16-11-17(15-5-3-2-4-6-15)26-18(16)19(24)23(20)21/h2-11H,12,21H2,1H3. The number of hydrogen-bond acceptors (Lipinski definition) is 5. The summed E-state index contributed by atoms with van der Waals surface area (Å²) in [5.74, 6) is 6.73. The third-order valence-electron chi connectivity index (χ3n) is 4.09. The number of fused-ring (bicyclic) bond motifs is 1. The van der Waals surface area contributed by atoms with E-state index in [1.54, 1.807) is 0 Å². The van der Waals surface area contributed by atoms with Crippen LogP contribution in [0.2, 0.25) is 0 Å². The second-order valence-electron chi connectivity index (χ2n) is 6.03. The van der Waals surface area contributed by atoms with Gasteiger partial charge in [-0.2, -0.15) is 0 Å². The van der Waals surface area contributed by atoms with Gasteiger partial charge in [-0.05, 0) is 24.1 Å². The van der Waals surface area contributed by atoms with E-state index in [0.29, 0.717) is 21.1 Å². The highest BCUT2D eigenvalue weighted by Gasteiger charge is 2.14. The Hall–Kier alpha value is -2.57. The number of aromatic nitrogens is 2. The summed E-state index contributed by atoms with van der Waals surface area (Å²) in [6.45, 7) is 2.06. The van der Waals surface area contributed by atoms with Crippen LogP contribution in [-0.2, 0) is 5.75 Å². The highest BCUT2D eigenvalue weighted by molar-refractivity contribution is 7.98. The van der Waals surface area contributed by atoms with Crippen molar-refractivity contribution in [3.63, 3.8) is 0 Å². The van der Waals surface area contributed by atoms with Crippen LogP contribution in [0.4, 0.5) is 0 Å². The Morgan fingerprint density at radius 1 is 1.12 bits per heavy atom. The van der Waals surface area contributed by atoms with Crippen molar-refractivity contribution in [1.29, 1.82) is 0 Å². The van der Waals surface area contributed by atoms with E-state index in [1.165, 1.54) is 34.2 Å². The molecule has 4 rings (SSSR count). The molecule has 0 amide bonds. The molecular weight excluding hydrogens is 362 g/mol. The molecule has 2 N–H and O–H groups in total. The average Bonchev–Trinajstić information content (AvgIpc) is 3.10. The monoisotopic (exact) mass is 379 g/mol. The Labute approximate surface area is 159 Å². The van der Waals surface area contributed by atoms with Crippen molar-refractivity contribution in [1.82, 2.24) is 9.66 Å². The first-order chi connectivity index (χ1) is 12.6. The number of aryl methyl sites for hydroxylation is 1. The quantitative estimate of drug-likeness (QED) is 0.323. The van der Waals surface area contributed by atoms with Crippen molar-refractivity contribution in [2.45, 2.75) is 17.8 Å². The highest BCUT2D eigenvalue weighted by Crippen LogP contribution is 2.32. The number of benzene rings is 2. The molecule has 0 spiro atoms. The molecule has 6 heteroatoms. The Bertz CT molecular complexity index is 1120. The summed E-state index contributed by atoms with van der Waals surface area (Å²) in [7, 11) is 0. The van der Waals surface area contributed by atoms with E-state index in [-0.39, 0.29) is 5.56 Å². The number of thiophene rings is 1. The summed E-state index contributed by atoms with van der Waals surface area (Å²) in [6.07, 6.45) is 0. The third-order valence-corrected chi connectivity index (χ3v) is 6.28. The van der Waals surface area contributed by atoms with Gasteiger partial charge in [-0.1, -0.05) is 71.9 Å². The third kappa shape index (κ3) is 3.25. The lowest BCUT2D eigenvalue weighted by atomic mass is 10.2. The van der Waals surface area contributed by atoms with E-state index in [2.05, 4.69) is 36.2 Å². The van der Waals surface area contributed by atoms with E-state index in [4.69, 9.17) is 5.84 Å². The number of hydrogen-bond donors (Lipinski definition) is 1. The second kappa shape index (κ2) is 6.97. The minimum Gasteiger partial charge on any atom is -0.334 e. The first-order valence-corrected chi connectivity index (χ1v) is 9.97. The number of nitrogens with zero attached hydrogens (tertiary/aromatic N) is 2. The molecule has 0 atom stereocenters. The van der Waals surface area contributed by atoms with Gasteiger partial charge in [-0.15, -0.1) is 11.3 Å². The molecule has 4 nitrogen and oxygen atoms in total. The molecule has 0 aliphatic rings. The Morgan fingerprint density at radius 2 is 1.85 bits per heavy atom. The largest absolute Gasteiger partial charge is 0.334 e. The van der Waals surface area contributed by atoms with Crippen molar-refractivity contribution >= 4 is 33.3 Å². The molecule has 2 aromatic heterocycles. The fraction of sp³-hybridized carbons (Fsp3) is 0.100. The molecule has 0 saturated heterocycles. The lowest BCUT2D eigenvalue weighted by Crippen LogP contribution is -2.29. The van der Waals surface area contributed by atoms with Crippen LogP contribution in [0.1, 0.15) is 11.1 Å².